The number of phenols is 1. The number of guanidine groups is 1. The van der Waals surface area contributed by atoms with Gasteiger partial charge in [0.15, 0.2) is 5.96 Å². The van der Waals surface area contributed by atoms with Gasteiger partial charge in [-0.15, -0.1) is 0 Å². The standard InChI is InChI=1S/C50H75N13O10/c1-8-29(5)41(47(70)59-37(24-33-25-54-27-56-33)45(68)63-42(30(6)9-2)48(71)60-38(49(72)73)23-31-14-11-10-12-15-31)62-44(67)36(22-32-17-19-34(64)20-18-32)58-46(69)40(28(3)4)61-43(66)35(57-39(65)26-53-7)16-13-21-55-50(51)52/h10-12,14-15,17-20,25,27-30,35-38,40-42,53,64H,8-9,13,16,21-24,26H2,1-7H3,(H,54,56)(H,57,65)(H,58,69)(H,59,70)(H,60,71)(H,61,66)(H,62,67)(H,63,68)(H,72,73)(H4,51,52,55)/t29-,30-,35-,36-,37-,38-,40-,41-,42-/m0/s1. The third kappa shape index (κ3) is 20.2. The normalized spacial score (nSPS) is 14.8. The Morgan fingerprint density at radius 3 is 1.62 bits per heavy atom. The lowest BCUT2D eigenvalue weighted by molar-refractivity contribution is -0.142. The van der Waals surface area contributed by atoms with Crippen LogP contribution in [0.2, 0.25) is 0 Å². The zero-order valence-corrected chi connectivity index (χ0v) is 42.7. The molecule has 0 saturated carbocycles. The van der Waals surface area contributed by atoms with Crippen LogP contribution in [0.15, 0.2) is 72.1 Å². The van der Waals surface area contributed by atoms with Crippen LogP contribution < -0.4 is 54.0 Å². The van der Waals surface area contributed by atoms with Gasteiger partial charge in [0.2, 0.25) is 41.4 Å². The molecule has 0 aliphatic carbocycles. The van der Waals surface area contributed by atoms with Gasteiger partial charge in [0.1, 0.15) is 48.0 Å². The number of H-pyrrole nitrogens is 1. The molecule has 15 N–H and O–H groups in total. The summed E-state index contributed by atoms with van der Waals surface area (Å²) in [5, 5.41) is 41.8. The highest BCUT2D eigenvalue weighted by Crippen LogP contribution is 2.16. The Morgan fingerprint density at radius 1 is 0.630 bits per heavy atom. The number of aliphatic carboxylic acids is 1. The number of amides is 7. The van der Waals surface area contributed by atoms with E-state index in [4.69, 9.17) is 11.5 Å². The van der Waals surface area contributed by atoms with Gasteiger partial charge < -0.3 is 69.2 Å². The number of hydrogen-bond donors (Lipinski definition) is 13. The van der Waals surface area contributed by atoms with Gasteiger partial charge in [-0.25, -0.2) is 9.78 Å². The van der Waals surface area contributed by atoms with Crippen molar-refractivity contribution in [1.29, 1.82) is 0 Å². The molecule has 0 unspecified atom stereocenters. The van der Waals surface area contributed by atoms with Gasteiger partial charge in [0.05, 0.1) is 12.9 Å². The highest BCUT2D eigenvalue weighted by Gasteiger charge is 2.37. The van der Waals surface area contributed by atoms with E-state index in [1.165, 1.54) is 24.7 Å². The van der Waals surface area contributed by atoms with Gasteiger partial charge in [-0.2, -0.15) is 0 Å². The van der Waals surface area contributed by atoms with E-state index in [2.05, 4.69) is 57.5 Å². The predicted molar refractivity (Wildman–Crippen MR) is 273 cm³/mol. The maximum Gasteiger partial charge on any atom is 0.326 e. The summed E-state index contributed by atoms with van der Waals surface area (Å²) in [6.07, 6.45) is 3.79. The molecule has 23 heteroatoms. The van der Waals surface area contributed by atoms with Crippen LogP contribution in [0, 0.1) is 17.8 Å². The van der Waals surface area contributed by atoms with Crippen LogP contribution in [0.4, 0.5) is 0 Å². The molecule has 3 rings (SSSR count). The monoisotopic (exact) mass is 1020 g/mol. The second kappa shape index (κ2) is 30.4. The minimum atomic E-state index is -1.37. The Hall–Kier alpha value is -7.56. The number of aromatic hydroxyl groups is 1. The van der Waals surface area contributed by atoms with E-state index in [1.807, 2.05) is 0 Å². The number of hydrogen-bond acceptors (Lipinski definition) is 12. The third-order valence-corrected chi connectivity index (χ3v) is 12.3. The van der Waals surface area contributed by atoms with Crippen LogP contribution in [0.5, 0.6) is 5.75 Å². The van der Waals surface area contributed by atoms with Crippen LogP contribution in [0.1, 0.15) is 84.0 Å². The molecule has 0 aliphatic rings. The number of carbonyl (C=O) groups is 8. The summed E-state index contributed by atoms with van der Waals surface area (Å²) < 4.78 is 0. The molecule has 9 atom stereocenters. The van der Waals surface area contributed by atoms with Crippen LogP contribution in [-0.2, 0) is 57.6 Å². The number of nitrogens with one attached hydrogen (secondary N) is 9. The van der Waals surface area contributed by atoms with E-state index >= 15 is 0 Å². The van der Waals surface area contributed by atoms with Gasteiger partial charge >= 0.3 is 5.97 Å². The van der Waals surface area contributed by atoms with Crippen LogP contribution in [0.25, 0.3) is 0 Å². The first-order chi connectivity index (χ1) is 34.7. The second-order valence-corrected chi connectivity index (χ2v) is 18.4. The Labute approximate surface area is 426 Å². The number of aliphatic imine (C=N–C) groups is 1. The molecule has 0 aliphatic heterocycles. The SMILES string of the molecule is CC[C@H](C)[C@H](NC(=O)[C@H](Cc1cnc[nH]1)NC(=O)[C@@H](NC(=O)[C@H](Cc1ccc(O)cc1)NC(=O)[C@@H](NC(=O)[C@H](CCCN=C(N)N)NC(=O)CNC)C(C)C)[C@@H](C)CC)C(=O)N[C@@H](Cc1ccccc1)C(=O)O. The van der Waals surface area contributed by atoms with Gasteiger partial charge in [-0.05, 0) is 60.9 Å². The van der Waals surface area contributed by atoms with Crippen molar-refractivity contribution in [1.82, 2.24) is 52.5 Å². The lowest BCUT2D eigenvalue weighted by Crippen LogP contribution is -2.62. The highest BCUT2D eigenvalue weighted by molar-refractivity contribution is 5.98. The topological polar surface area (TPSA) is 366 Å². The van der Waals surface area contributed by atoms with E-state index in [9.17, 15) is 48.6 Å². The van der Waals surface area contributed by atoms with Crippen molar-refractivity contribution in [2.24, 2.45) is 34.2 Å². The number of aromatic amines is 1. The highest BCUT2D eigenvalue weighted by atomic mass is 16.4. The smallest absolute Gasteiger partial charge is 0.326 e. The average molecular weight is 1020 g/mol. The number of likely N-dealkylation sites (N-methyl/N-ethyl adjacent to an activating group) is 1. The fraction of sp³-hybridized carbons (Fsp3) is 0.520. The first-order valence-corrected chi connectivity index (χ1v) is 24.5. The molecule has 0 radical (unpaired) electrons. The number of carboxylic acids is 1. The van der Waals surface area contributed by atoms with Gasteiger partial charge in [-0.3, -0.25) is 38.6 Å². The summed E-state index contributed by atoms with van der Waals surface area (Å²) in [6, 6.07) is 5.83. The largest absolute Gasteiger partial charge is 0.508 e. The van der Waals surface area contributed by atoms with Crippen molar-refractivity contribution >= 4 is 53.3 Å². The Kier molecular flexibility index (Phi) is 24.8. The zero-order valence-electron chi connectivity index (χ0n) is 42.7. The molecular formula is C50H75N13O10. The number of nitrogens with two attached hydrogens (primary N) is 2. The third-order valence-electron chi connectivity index (χ3n) is 12.3. The minimum Gasteiger partial charge on any atom is -0.508 e. The molecule has 1 aromatic heterocycles. The summed E-state index contributed by atoms with van der Waals surface area (Å²) in [4.78, 5) is 121. The number of carbonyl (C=O) groups excluding carboxylic acids is 7. The molecule has 23 nitrogen and oxygen atoms in total. The van der Waals surface area contributed by atoms with Crippen molar-refractivity contribution in [3.63, 3.8) is 0 Å². The summed E-state index contributed by atoms with van der Waals surface area (Å²) in [6.45, 7) is 10.5. The number of nitrogens with zero attached hydrogens (tertiary/aromatic N) is 2. The summed E-state index contributed by atoms with van der Waals surface area (Å²) in [5.41, 5.74) is 12.5. The number of imidazole rings is 1. The number of benzene rings is 2. The first kappa shape index (κ1) is 59.7. The predicted octanol–water partition coefficient (Wildman–Crippen LogP) is -0.357. The van der Waals surface area contributed by atoms with Crippen LogP contribution in [-0.4, -0.2) is 136 Å². The van der Waals surface area contributed by atoms with Crippen LogP contribution >= 0.6 is 0 Å². The Bertz CT molecular complexity index is 2290. The number of aromatic nitrogens is 2. The van der Waals surface area contributed by atoms with Crippen LogP contribution in [0.3, 0.4) is 0 Å². The van der Waals surface area contributed by atoms with E-state index in [1.54, 1.807) is 91.1 Å². The van der Waals surface area contributed by atoms with Gasteiger partial charge in [-0.1, -0.05) is 96.8 Å². The van der Waals surface area contributed by atoms with Gasteiger partial charge in [0.25, 0.3) is 0 Å². The summed E-state index contributed by atoms with van der Waals surface area (Å²) in [7, 11) is 1.57. The average Bonchev–Trinajstić information content (AvgIpc) is 3.87. The van der Waals surface area contributed by atoms with Gasteiger partial charge in [0, 0.05) is 37.7 Å². The van der Waals surface area contributed by atoms with E-state index in [0.29, 0.717) is 36.1 Å². The van der Waals surface area contributed by atoms with E-state index in [0.717, 1.165) is 0 Å². The quantitative estimate of drug-likeness (QED) is 0.0223. The van der Waals surface area contributed by atoms with E-state index < -0.39 is 107 Å². The fourth-order valence-corrected chi connectivity index (χ4v) is 7.62. The maximum absolute atomic E-state index is 14.5. The zero-order chi connectivity index (χ0) is 54.2. The lowest BCUT2D eigenvalue weighted by atomic mass is 9.95. The second-order valence-electron chi connectivity index (χ2n) is 18.4. The molecular weight excluding hydrogens is 943 g/mol. The summed E-state index contributed by atoms with van der Waals surface area (Å²) >= 11 is 0. The number of rotatable bonds is 31. The molecule has 1 heterocycles. The molecule has 0 spiro atoms. The molecule has 3 aromatic rings. The summed E-state index contributed by atoms with van der Waals surface area (Å²) in [5.74, 6) is -7.99. The molecule has 73 heavy (non-hydrogen) atoms. The first-order valence-electron chi connectivity index (χ1n) is 24.5. The number of carboxylic acid groups (broad SMARTS) is 1. The van der Waals surface area contributed by atoms with Crippen molar-refractivity contribution in [2.75, 3.05) is 20.1 Å². The maximum atomic E-state index is 14.5. The Morgan fingerprint density at radius 2 is 1.12 bits per heavy atom. The van der Waals surface area contributed by atoms with Crippen molar-refractivity contribution in [3.05, 3.63) is 83.9 Å². The van der Waals surface area contributed by atoms with Crippen molar-refractivity contribution in [2.45, 2.75) is 129 Å². The Balaban J connectivity index is 1.93. The number of phenolic OH excluding ortho intramolecular Hbond substituents is 1. The van der Waals surface area contributed by atoms with E-state index in [-0.39, 0.29) is 50.5 Å². The van der Waals surface area contributed by atoms with Crippen molar-refractivity contribution in [3.8, 4) is 5.75 Å². The molecule has 2 aromatic carbocycles. The lowest BCUT2D eigenvalue weighted by Gasteiger charge is -2.31. The fourth-order valence-electron chi connectivity index (χ4n) is 7.62. The molecule has 400 valence electrons. The molecule has 0 fully saturated rings. The minimum absolute atomic E-state index is 0.0128. The van der Waals surface area contributed by atoms with Crippen molar-refractivity contribution < 1.29 is 48.6 Å². The molecule has 0 saturated heterocycles. The molecule has 0 bridgehead atoms. The molecule has 7 amide bonds.